The van der Waals surface area contributed by atoms with Crippen LogP contribution >= 0.6 is 35.1 Å². The van der Waals surface area contributed by atoms with Crippen molar-refractivity contribution in [2.24, 2.45) is 0 Å². The van der Waals surface area contributed by atoms with Crippen molar-refractivity contribution in [2.45, 2.75) is 19.6 Å². The molecule has 0 aromatic heterocycles. The number of halogens is 1. The predicted molar refractivity (Wildman–Crippen MR) is 120 cm³/mol. The number of hydrogen-bond acceptors (Lipinski definition) is 6. The molecule has 3 aromatic rings. The van der Waals surface area contributed by atoms with E-state index in [4.69, 9.17) is 11.6 Å². The minimum atomic E-state index is -1.41. The molecule has 0 amide bonds. The number of aromatic carboxylic acids is 4. The maximum Gasteiger partial charge on any atom is 0.337 e. The van der Waals surface area contributed by atoms with Gasteiger partial charge in [0.25, 0.3) is 0 Å². The Morgan fingerprint density at radius 1 is 0.606 bits per heavy atom. The highest BCUT2D eigenvalue weighted by Gasteiger charge is 2.23. The molecule has 11 heteroatoms. The third kappa shape index (κ3) is 5.30. The first-order valence-corrected chi connectivity index (χ1v) is 11.0. The van der Waals surface area contributed by atoms with Crippen LogP contribution < -0.4 is 0 Å². The Bertz CT molecular complexity index is 1310. The highest BCUT2D eigenvalue weighted by Crippen LogP contribution is 2.40. The lowest BCUT2D eigenvalue weighted by Crippen LogP contribution is -2.09. The zero-order chi connectivity index (χ0) is 24.3. The molecule has 0 bridgehead atoms. The van der Waals surface area contributed by atoms with Gasteiger partial charge in [-0.2, -0.15) is 0 Å². The summed E-state index contributed by atoms with van der Waals surface area (Å²) in [5, 5.41) is 37.9. The van der Waals surface area contributed by atoms with E-state index >= 15 is 0 Å². The summed E-state index contributed by atoms with van der Waals surface area (Å²) in [4.78, 5) is 47.5. The van der Waals surface area contributed by atoms with Gasteiger partial charge in [0.1, 0.15) is 0 Å². The molecule has 168 valence electrons. The molecule has 0 spiro atoms. The van der Waals surface area contributed by atoms with E-state index in [0.29, 0.717) is 9.79 Å². The van der Waals surface area contributed by atoms with Crippen LogP contribution in [0.4, 0.5) is 0 Å². The van der Waals surface area contributed by atoms with E-state index in [2.05, 4.69) is 0 Å². The fraction of sp³-hybridized carbons (Fsp3) is 0. The molecule has 0 aliphatic rings. The standard InChI is InChI=1S/C22H13ClO8S2/c23-13-8-7-10(32-14-5-1-3-11(19(24)25)17(14)21(28)29)9-16(13)33-15-6-2-4-12(20(26)27)18(15)22(30)31/h1-9H,(H,24,25)(H,26,27)(H,28,29)(H,30,31). The summed E-state index contributed by atoms with van der Waals surface area (Å²) in [5.41, 5.74) is -1.47. The van der Waals surface area contributed by atoms with Crippen molar-refractivity contribution in [3.8, 4) is 0 Å². The van der Waals surface area contributed by atoms with E-state index in [1.807, 2.05) is 0 Å². The summed E-state index contributed by atoms with van der Waals surface area (Å²) >= 11 is 8.21. The van der Waals surface area contributed by atoms with Crippen molar-refractivity contribution in [1.29, 1.82) is 0 Å². The van der Waals surface area contributed by atoms with Gasteiger partial charge in [0.15, 0.2) is 0 Å². The third-order valence-corrected chi connectivity index (χ3v) is 6.90. The molecule has 0 aliphatic carbocycles. The van der Waals surface area contributed by atoms with Gasteiger partial charge < -0.3 is 20.4 Å². The average molecular weight is 505 g/mol. The summed E-state index contributed by atoms with van der Waals surface area (Å²) in [6.45, 7) is 0. The molecule has 0 saturated heterocycles. The lowest BCUT2D eigenvalue weighted by Gasteiger charge is -2.12. The molecular formula is C22H13ClO8S2. The minimum Gasteiger partial charge on any atom is -0.478 e. The van der Waals surface area contributed by atoms with Gasteiger partial charge in [-0.05, 0) is 42.5 Å². The van der Waals surface area contributed by atoms with Crippen molar-refractivity contribution >= 4 is 59.0 Å². The quantitative estimate of drug-likeness (QED) is 0.312. The first-order valence-electron chi connectivity index (χ1n) is 8.94. The van der Waals surface area contributed by atoms with Gasteiger partial charge in [0.2, 0.25) is 0 Å². The van der Waals surface area contributed by atoms with Crippen molar-refractivity contribution in [2.75, 3.05) is 0 Å². The van der Waals surface area contributed by atoms with Gasteiger partial charge in [0.05, 0.1) is 27.3 Å². The first-order chi connectivity index (χ1) is 15.6. The monoisotopic (exact) mass is 504 g/mol. The Labute approximate surface area is 199 Å². The van der Waals surface area contributed by atoms with Gasteiger partial charge in [-0.3, -0.25) is 0 Å². The maximum atomic E-state index is 11.7. The molecule has 3 aromatic carbocycles. The van der Waals surface area contributed by atoms with Gasteiger partial charge in [-0.25, -0.2) is 19.2 Å². The van der Waals surface area contributed by atoms with Crippen molar-refractivity contribution in [3.63, 3.8) is 0 Å². The van der Waals surface area contributed by atoms with Crippen LogP contribution in [0.25, 0.3) is 0 Å². The van der Waals surface area contributed by atoms with Crippen LogP contribution in [0.5, 0.6) is 0 Å². The fourth-order valence-corrected chi connectivity index (χ4v) is 5.26. The number of rotatable bonds is 8. The number of carboxylic acid groups (broad SMARTS) is 4. The van der Waals surface area contributed by atoms with Crippen LogP contribution in [-0.4, -0.2) is 44.3 Å². The summed E-state index contributed by atoms with van der Waals surface area (Å²) < 4.78 is 0. The van der Waals surface area contributed by atoms with Crippen LogP contribution in [0.1, 0.15) is 41.4 Å². The highest BCUT2D eigenvalue weighted by molar-refractivity contribution is 8.00. The molecule has 0 aliphatic heterocycles. The van der Waals surface area contributed by atoms with Crippen molar-refractivity contribution in [1.82, 2.24) is 0 Å². The summed E-state index contributed by atoms with van der Waals surface area (Å²) in [6, 6.07) is 12.9. The third-order valence-electron chi connectivity index (χ3n) is 4.29. The average Bonchev–Trinajstić information content (AvgIpc) is 2.75. The molecule has 3 rings (SSSR count). The Morgan fingerprint density at radius 2 is 1.09 bits per heavy atom. The summed E-state index contributed by atoms with van der Waals surface area (Å²) in [6.07, 6.45) is 0. The number of benzene rings is 3. The summed E-state index contributed by atoms with van der Waals surface area (Å²) in [7, 11) is 0. The Morgan fingerprint density at radius 3 is 1.55 bits per heavy atom. The molecular weight excluding hydrogens is 492 g/mol. The minimum absolute atomic E-state index is 0.158. The van der Waals surface area contributed by atoms with Gasteiger partial charge >= 0.3 is 23.9 Å². The molecule has 0 atom stereocenters. The van der Waals surface area contributed by atoms with Crippen LogP contribution in [0.15, 0.2) is 74.2 Å². The van der Waals surface area contributed by atoms with E-state index < -0.39 is 23.9 Å². The lowest BCUT2D eigenvalue weighted by molar-refractivity contribution is 0.0648. The van der Waals surface area contributed by atoms with E-state index in [1.54, 1.807) is 12.1 Å². The van der Waals surface area contributed by atoms with Crippen LogP contribution in [0, 0.1) is 0 Å². The smallest absolute Gasteiger partial charge is 0.337 e. The van der Waals surface area contributed by atoms with E-state index in [1.165, 1.54) is 42.5 Å². The van der Waals surface area contributed by atoms with Crippen LogP contribution in [0.2, 0.25) is 5.02 Å². The van der Waals surface area contributed by atoms with Crippen molar-refractivity contribution < 1.29 is 39.6 Å². The number of hydrogen-bond donors (Lipinski definition) is 4. The highest BCUT2D eigenvalue weighted by atomic mass is 35.5. The normalized spacial score (nSPS) is 10.6. The Hall–Kier alpha value is -3.47. The zero-order valence-electron chi connectivity index (χ0n) is 16.3. The molecule has 0 heterocycles. The number of carbonyl (C=O) groups is 4. The molecule has 8 nitrogen and oxygen atoms in total. The molecule has 0 unspecified atom stereocenters. The van der Waals surface area contributed by atoms with Crippen molar-refractivity contribution in [3.05, 3.63) is 81.9 Å². The van der Waals surface area contributed by atoms with Crippen LogP contribution in [-0.2, 0) is 0 Å². The first kappa shape index (κ1) is 24.2. The van der Waals surface area contributed by atoms with Gasteiger partial charge in [-0.1, -0.05) is 47.3 Å². The summed E-state index contributed by atoms with van der Waals surface area (Å²) in [5.74, 6) is -5.56. The molecule has 0 saturated carbocycles. The molecule has 0 radical (unpaired) electrons. The largest absolute Gasteiger partial charge is 0.478 e. The zero-order valence-corrected chi connectivity index (χ0v) is 18.7. The van der Waals surface area contributed by atoms with E-state index in [-0.39, 0.29) is 37.1 Å². The molecule has 0 fully saturated rings. The predicted octanol–water partition coefficient (Wildman–Crippen LogP) is 5.44. The molecule has 4 N–H and O–H groups in total. The van der Waals surface area contributed by atoms with Gasteiger partial charge in [-0.15, -0.1) is 0 Å². The second-order valence-electron chi connectivity index (χ2n) is 6.37. The maximum absolute atomic E-state index is 11.7. The molecule has 33 heavy (non-hydrogen) atoms. The Balaban J connectivity index is 2.03. The second kappa shape index (κ2) is 9.99. The second-order valence-corrected chi connectivity index (χ2v) is 8.98. The van der Waals surface area contributed by atoms with E-state index in [0.717, 1.165) is 23.5 Å². The lowest BCUT2D eigenvalue weighted by atomic mass is 10.1. The number of carboxylic acids is 4. The van der Waals surface area contributed by atoms with E-state index in [9.17, 15) is 39.6 Å². The topological polar surface area (TPSA) is 149 Å². The SMILES string of the molecule is O=C(O)c1cccc(Sc2ccc(Cl)c(Sc3cccc(C(=O)O)c3C(=O)O)c2)c1C(=O)O. The Kier molecular flexibility index (Phi) is 7.32. The van der Waals surface area contributed by atoms with Crippen LogP contribution in [0.3, 0.4) is 0 Å². The fourth-order valence-electron chi connectivity index (χ4n) is 2.90. The van der Waals surface area contributed by atoms with Gasteiger partial charge in [0, 0.05) is 19.6 Å².